The number of ether oxygens (including phenoxy) is 1. The van der Waals surface area contributed by atoms with E-state index in [-0.39, 0.29) is 23.8 Å². The molecule has 90 valence electrons. The van der Waals surface area contributed by atoms with Gasteiger partial charge in [0.25, 0.3) is 0 Å². The predicted molar refractivity (Wildman–Crippen MR) is 57.7 cm³/mol. The molecule has 2 rings (SSSR count). The van der Waals surface area contributed by atoms with E-state index >= 15 is 0 Å². The van der Waals surface area contributed by atoms with E-state index in [9.17, 15) is 9.59 Å². The van der Waals surface area contributed by atoms with Gasteiger partial charge in [-0.3, -0.25) is 9.59 Å². The van der Waals surface area contributed by atoms with Crippen LogP contribution >= 0.6 is 0 Å². The van der Waals surface area contributed by atoms with E-state index in [0.29, 0.717) is 6.42 Å². The van der Waals surface area contributed by atoms with Gasteiger partial charge in [0.15, 0.2) is 0 Å². The summed E-state index contributed by atoms with van der Waals surface area (Å²) in [6.45, 7) is 2.34. The molecule has 0 aromatic heterocycles. The Labute approximate surface area is 95.1 Å². The summed E-state index contributed by atoms with van der Waals surface area (Å²) in [7, 11) is 1.39. The number of amides is 1. The standard InChI is InChI=1S/C11H18N2O3/c1-16-10(14)5-9-3-2-4-13(9)11(15)8-6-12-7-8/h8-9,12H,2-7H2,1H3. The molecule has 2 saturated heterocycles. The van der Waals surface area contributed by atoms with E-state index < -0.39 is 0 Å². The second-order valence-corrected chi connectivity index (χ2v) is 4.46. The topological polar surface area (TPSA) is 58.6 Å². The zero-order chi connectivity index (χ0) is 11.5. The highest BCUT2D eigenvalue weighted by Crippen LogP contribution is 2.23. The van der Waals surface area contributed by atoms with Crippen molar-refractivity contribution in [3.05, 3.63) is 0 Å². The third-order valence-corrected chi connectivity index (χ3v) is 3.42. The van der Waals surface area contributed by atoms with Crippen LogP contribution in [0.25, 0.3) is 0 Å². The van der Waals surface area contributed by atoms with Crippen molar-refractivity contribution >= 4 is 11.9 Å². The van der Waals surface area contributed by atoms with Crippen molar-refractivity contribution in [1.82, 2.24) is 10.2 Å². The van der Waals surface area contributed by atoms with Crippen molar-refractivity contribution in [1.29, 1.82) is 0 Å². The van der Waals surface area contributed by atoms with Gasteiger partial charge in [0, 0.05) is 25.7 Å². The van der Waals surface area contributed by atoms with Crippen LogP contribution in [0.4, 0.5) is 0 Å². The Bertz CT molecular complexity index is 289. The van der Waals surface area contributed by atoms with Crippen LogP contribution in [0.1, 0.15) is 19.3 Å². The summed E-state index contributed by atoms with van der Waals surface area (Å²) in [5, 5.41) is 3.09. The molecular weight excluding hydrogens is 208 g/mol. The van der Waals surface area contributed by atoms with Crippen LogP contribution in [0.5, 0.6) is 0 Å². The molecule has 5 heteroatoms. The first-order valence-electron chi connectivity index (χ1n) is 5.80. The molecule has 1 N–H and O–H groups in total. The fraction of sp³-hybridized carbons (Fsp3) is 0.818. The van der Waals surface area contributed by atoms with Gasteiger partial charge in [-0.05, 0) is 12.8 Å². The molecule has 16 heavy (non-hydrogen) atoms. The second kappa shape index (κ2) is 4.82. The quantitative estimate of drug-likeness (QED) is 0.675. The SMILES string of the molecule is COC(=O)CC1CCCN1C(=O)C1CNC1. The molecule has 0 saturated carbocycles. The van der Waals surface area contributed by atoms with Gasteiger partial charge in [0.05, 0.1) is 19.4 Å². The first-order chi connectivity index (χ1) is 7.72. The monoisotopic (exact) mass is 226 g/mol. The highest BCUT2D eigenvalue weighted by Gasteiger charge is 2.36. The summed E-state index contributed by atoms with van der Waals surface area (Å²) in [6, 6.07) is 0.0561. The van der Waals surface area contributed by atoms with Crippen LogP contribution in [0.3, 0.4) is 0 Å². The maximum atomic E-state index is 12.0. The minimum absolute atomic E-state index is 0.0561. The van der Waals surface area contributed by atoms with E-state index in [1.807, 2.05) is 4.90 Å². The number of hydrogen-bond acceptors (Lipinski definition) is 4. The lowest BCUT2D eigenvalue weighted by molar-refractivity contribution is -0.144. The maximum absolute atomic E-state index is 12.0. The average molecular weight is 226 g/mol. The molecular formula is C11H18N2O3. The first kappa shape index (κ1) is 11.4. The lowest BCUT2D eigenvalue weighted by Crippen LogP contribution is -2.53. The third kappa shape index (κ3) is 2.19. The van der Waals surface area contributed by atoms with E-state index in [2.05, 4.69) is 10.1 Å². The molecule has 1 amide bonds. The van der Waals surface area contributed by atoms with Gasteiger partial charge in [0.1, 0.15) is 0 Å². The Kier molecular flexibility index (Phi) is 3.43. The number of likely N-dealkylation sites (tertiary alicyclic amines) is 1. The number of carbonyl (C=O) groups excluding carboxylic acids is 2. The minimum atomic E-state index is -0.226. The van der Waals surface area contributed by atoms with Crippen molar-refractivity contribution in [2.24, 2.45) is 5.92 Å². The number of carbonyl (C=O) groups is 2. The summed E-state index contributed by atoms with van der Waals surface area (Å²) in [5.41, 5.74) is 0. The van der Waals surface area contributed by atoms with E-state index in [1.165, 1.54) is 7.11 Å². The molecule has 5 nitrogen and oxygen atoms in total. The van der Waals surface area contributed by atoms with Crippen LogP contribution < -0.4 is 5.32 Å². The Balaban J connectivity index is 1.91. The smallest absolute Gasteiger partial charge is 0.307 e. The first-order valence-corrected chi connectivity index (χ1v) is 5.80. The fourth-order valence-corrected chi connectivity index (χ4v) is 2.31. The number of esters is 1. The largest absolute Gasteiger partial charge is 0.469 e. The Morgan fingerprint density at radius 2 is 2.19 bits per heavy atom. The molecule has 0 spiro atoms. The summed E-state index contributed by atoms with van der Waals surface area (Å²) >= 11 is 0. The van der Waals surface area contributed by atoms with Gasteiger partial charge < -0.3 is 15.0 Å². The molecule has 1 unspecified atom stereocenters. The molecule has 2 aliphatic heterocycles. The molecule has 0 aromatic carbocycles. The molecule has 2 fully saturated rings. The number of methoxy groups -OCH3 is 1. The molecule has 0 bridgehead atoms. The molecule has 1 atom stereocenters. The van der Waals surface area contributed by atoms with E-state index in [1.54, 1.807) is 0 Å². The van der Waals surface area contributed by atoms with Crippen molar-refractivity contribution in [2.45, 2.75) is 25.3 Å². The summed E-state index contributed by atoms with van der Waals surface area (Å²) in [6.07, 6.45) is 2.25. The van der Waals surface area contributed by atoms with Crippen LogP contribution in [0.2, 0.25) is 0 Å². The third-order valence-electron chi connectivity index (χ3n) is 3.42. The molecule has 0 aliphatic carbocycles. The van der Waals surface area contributed by atoms with E-state index in [4.69, 9.17) is 0 Å². The van der Waals surface area contributed by atoms with Gasteiger partial charge >= 0.3 is 5.97 Å². The van der Waals surface area contributed by atoms with Crippen LogP contribution in [0.15, 0.2) is 0 Å². The van der Waals surface area contributed by atoms with Gasteiger partial charge in [-0.15, -0.1) is 0 Å². The molecule has 2 heterocycles. The van der Waals surface area contributed by atoms with Gasteiger partial charge in [-0.2, -0.15) is 0 Å². The highest BCUT2D eigenvalue weighted by molar-refractivity contribution is 5.81. The number of nitrogens with one attached hydrogen (secondary N) is 1. The van der Waals surface area contributed by atoms with Crippen LogP contribution in [0, 0.1) is 5.92 Å². The fourth-order valence-electron chi connectivity index (χ4n) is 2.31. The maximum Gasteiger partial charge on any atom is 0.307 e. The molecule has 2 aliphatic rings. The predicted octanol–water partition coefficient (Wildman–Crippen LogP) is -0.240. The van der Waals surface area contributed by atoms with Gasteiger partial charge in [-0.1, -0.05) is 0 Å². The van der Waals surface area contributed by atoms with Crippen molar-refractivity contribution in [3.63, 3.8) is 0 Å². The lowest BCUT2D eigenvalue weighted by atomic mass is 10.0. The Hall–Kier alpha value is -1.10. The highest BCUT2D eigenvalue weighted by atomic mass is 16.5. The molecule has 0 aromatic rings. The van der Waals surface area contributed by atoms with Crippen molar-refractivity contribution < 1.29 is 14.3 Å². The zero-order valence-corrected chi connectivity index (χ0v) is 9.57. The van der Waals surface area contributed by atoms with E-state index in [0.717, 1.165) is 32.5 Å². The summed E-state index contributed by atoms with van der Waals surface area (Å²) in [5.74, 6) is 0.0971. The van der Waals surface area contributed by atoms with Gasteiger partial charge in [-0.25, -0.2) is 0 Å². The van der Waals surface area contributed by atoms with Crippen molar-refractivity contribution in [2.75, 3.05) is 26.7 Å². The lowest BCUT2D eigenvalue weighted by Gasteiger charge is -2.33. The van der Waals surface area contributed by atoms with Crippen molar-refractivity contribution in [3.8, 4) is 0 Å². The average Bonchev–Trinajstić information content (AvgIpc) is 2.63. The van der Waals surface area contributed by atoms with Gasteiger partial charge in [0.2, 0.25) is 5.91 Å². The summed E-state index contributed by atoms with van der Waals surface area (Å²) < 4.78 is 4.65. The second-order valence-electron chi connectivity index (χ2n) is 4.46. The van der Waals surface area contributed by atoms with Crippen LogP contribution in [-0.4, -0.2) is 49.6 Å². The summed E-state index contributed by atoms with van der Waals surface area (Å²) in [4.78, 5) is 25.1. The number of rotatable bonds is 3. The minimum Gasteiger partial charge on any atom is -0.469 e. The number of hydrogen-bond donors (Lipinski definition) is 1. The number of nitrogens with zero attached hydrogens (tertiary/aromatic N) is 1. The Morgan fingerprint density at radius 3 is 2.75 bits per heavy atom. The molecule has 0 radical (unpaired) electrons. The normalized spacial score (nSPS) is 25.3. The van der Waals surface area contributed by atoms with Crippen LogP contribution in [-0.2, 0) is 14.3 Å². The zero-order valence-electron chi connectivity index (χ0n) is 9.57. The Morgan fingerprint density at radius 1 is 1.44 bits per heavy atom.